The maximum Gasteiger partial charge on any atom is 0.287 e. The van der Waals surface area contributed by atoms with Gasteiger partial charge in [-0.05, 0) is 38.0 Å². The summed E-state index contributed by atoms with van der Waals surface area (Å²) in [5, 5.41) is 4.59. The Balaban J connectivity index is 0.00000176. The van der Waals surface area contributed by atoms with Crippen LogP contribution in [0.1, 0.15) is 41.8 Å². The minimum Gasteiger partial charge on any atom is -0.451 e. The predicted molar refractivity (Wildman–Crippen MR) is 90.9 cm³/mol. The van der Waals surface area contributed by atoms with Gasteiger partial charge in [0.05, 0.1) is 5.54 Å². The fraction of sp³-hybridized carbons (Fsp3) is 0.438. The van der Waals surface area contributed by atoms with Gasteiger partial charge in [0.25, 0.3) is 5.91 Å². The molecule has 0 atom stereocenters. The quantitative estimate of drug-likeness (QED) is 0.890. The van der Waals surface area contributed by atoms with Crippen LogP contribution in [-0.4, -0.2) is 18.0 Å². The maximum atomic E-state index is 12.5. The van der Waals surface area contributed by atoms with E-state index in [0.29, 0.717) is 22.9 Å². The number of carbonyl (C=O) groups excluding carboxylic acids is 1. The fourth-order valence-corrected chi connectivity index (χ4v) is 3.31. The first-order valence-corrected chi connectivity index (χ1v) is 7.64. The monoisotopic (exact) mass is 342 g/mol. The largest absolute Gasteiger partial charge is 0.451 e. The van der Waals surface area contributed by atoms with Gasteiger partial charge in [0.15, 0.2) is 5.76 Å². The molecule has 2 aromatic rings. The Morgan fingerprint density at radius 3 is 2.73 bits per heavy atom. The van der Waals surface area contributed by atoms with Gasteiger partial charge in [-0.15, -0.1) is 12.4 Å². The van der Waals surface area contributed by atoms with Crippen LogP contribution >= 0.6 is 24.0 Å². The van der Waals surface area contributed by atoms with Crippen LogP contribution in [0.2, 0.25) is 5.02 Å². The van der Waals surface area contributed by atoms with Crippen LogP contribution in [0.25, 0.3) is 11.0 Å². The molecular formula is C16H20Cl2N2O2. The van der Waals surface area contributed by atoms with E-state index in [2.05, 4.69) is 5.32 Å². The average molecular weight is 343 g/mol. The number of furan rings is 1. The molecule has 0 saturated heterocycles. The van der Waals surface area contributed by atoms with E-state index in [1.807, 2.05) is 13.0 Å². The number of hydrogen-bond donors (Lipinski definition) is 2. The van der Waals surface area contributed by atoms with Crippen molar-refractivity contribution in [1.29, 1.82) is 0 Å². The molecule has 1 heterocycles. The minimum absolute atomic E-state index is 0. The summed E-state index contributed by atoms with van der Waals surface area (Å²) in [5.74, 6) is 0.166. The van der Waals surface area contributed by atoms with Crippen LogP contribution in [0.3, 0.4) is 0 Å². The van der Waals surface area contributed by atoms with Crippen molar-refractivity contribution in [3.8, 4) is 0 Å². The van der Waals surface area contributed by atoms with E-state index in [9.17, 15) is 4.79 Å². The topological polar surface area (TPSA) is 68.3 Å². The highest BCUT2D eigenvalue weighted by Gasteiger charge is 2.35. The van der Waals surface area contributed by atoms with Crippen molar-refractivity contribution in [3.05, 3.63) is 34.5 Å². The zero-order valence-electron chi connectivity index (χ0n) is 12.4. The lowest BCUT2D eigenvalue weighted by Crippen LogP contribution is -2.51. The van der Waals surface area contributed by atoms with E-state index >= 15 is 0 Å². The smallest absolute Gasteiger partial charge is 0.287 e. The SMILES string of the molecule is Cc1c(C(=O)NC2(CN)CCCC2)oc2ccc(Cl)cc12.Cl. The summed E-state index contributed by atoms with van der Waals surface area (Å²) in [6.45, 7) is 2.34. The third kappa shape index (κ3) is 2.96. The van der Waals surface area contributed by atoms with Gasteiger partial charge < -0.3 is 15.5 Å². The van der Waals surface area contributed by atoms with Gasteiger partial charge in [0.2, 0.25) is 0 Å². The first-order chi connectivity index (χ1) is 10.0. The molecule has 22 heavy (non-hydrogen) atoms. The number of nitrogens with one attached hydrogen (secondary N) is 1. The van der Waals surface area contributed by atoms with Crippen molar-refractivity contribution in [3.63, 3.8) is 0 Å². The van der Waals surface area contributed by atoms with Gasteiger partial charge in [-0.1, -0.05) is 24.4 Å². The summed E-state index contributed by atoms with van der Waals surface area (Å²) in [7, 11) is 0. The molecule has 6 heteroatoms. The number of benzene rings is 1. The maximum absolute atomic E-state index is 12.5. The Morgan fingerprint density at radius 2 is 2.09 bits per heavy atom. The summed E-state index contributed by atoms with van der Waals surface area (Å²) in [5.41, 5.74) is 7.08. The van der Waals surface area contributed by atoms with Crippen molar-refractivity contribution < 1.29 is 9.21 Å². The molecule has 120 valence electrons. The second-order valence-electron chi connectivity index (χ2n) is 5.84. The number of carbonyl (C=O) groups is 1. The molecule has 1 fully saturated rings. The van der Waals surface area contributed by atoms with E-state index in [1.54, 1.807) is 12.1 Å². The predicted octanol–water partition coefficient (Wildman–Crippen LogP) is 3.82. The highest BCUT2D eigenvalue weighted by Crippen LogP contribution is 2.31. The lowest BCUT2D eigenvalue weighted by atomic mass is 9.97. The van der Waals surface area contributed by atoms with Crippen LogP contribution in [0.15, 0.2) is 22.6 Å². The van der Waals surface area contributed by atoms with Gasteiger partial charge in [-0.25, -0.2) is 0 Å². The van der Waals surface area contributed by atoms with Crippen molar-refractivity contribution in [2.24, 2.45) is 5.73 Å². The average Bonchev–Trinajstić information content (AvgIpc) is 3.05. The van der Waals surface area contributed by atoms with Gasteiger partial charge in [0.1, 0.15) is 5.58 Å². The Hall–Kier alpha value is -1.23. The fourth-order valence-electron chi connectivity index (χ4n) is 3.14. The Kier molecular flexibility index (Phi) is 5.05. The lowest BCUT2D eigenvalue weighted by Gasteiger charge is -2.28. The second kappa shape index (κ2) is 6.49. The lowest BCUT2D eigenvalue weighted by molar-refractivity contribution is 0.0876. The van der Waals surface area contributed by atoms with Gasteiger partial charge in [-0.3, -0.25) is 4.79 Å². The standard InChI is InChI=1S/C16H19ClN2O2.ClH/c1-10-12-8-11(17)4-5-13(12)21-14(10)15(20)19-16(9-18)6-2-3-7-16;/h4-5,8H,2-3,6-7,9,18H2,1H3,(H,19,20);1H. The molecule has 1 aliphatic carbocycles. The zero-order valence-corrected chi connectivity index (χ0v) is 14.0. The van der Waals surface area contributed by atoms with Crippen LogP contribution < -0.4 is 11.1 Å². The van der Waals surface area contributed by atoms with E-state index in [-0.39, 0.29) is 23.9 Å². The molecule has 0 spiro atoms. The Bertz CT molecular complexity index is 691. The molecule has 0 unspecified atom stereocenters. The van der Waals surface area contributed by atoms with Gasteiger partial charge >= 0.3 is 0 Å². The second-order valence-corrected chi connectivity index (χ2v) is 6.28. The first-order valence-electron chi connectivity index (χ1n) is 7.26. The number of rotatable bonds is 3. The van der Waals surface area contributed by atoms with E-state index in [4.69, 9.17) is 21.8 Å². The third-order valence-electron chi connectivity index (χ3n) is 4.43. The summed E-state index contributed by atoms with van der Waals surface area (Å²) in [4.78, 5) is 12.5. The third-order valence-corrected chi connectivity index (χ3v) is 4.67. The van der Waals surface area contributed by atoms with Gasteiger partial charge in [0, 0.05) is 22.5 Å². The molecule has 0 bridgehead atoms. The molecule has 0 aliphatic heterocycles. The van der Waals surface area contributed by atoms with Crippen molar-refractivity contribution in [2.75, 3.05) is 6.54 Å². The molecule has 1 amide bonds. The Labute approximate surface area is 140 Å². The summed E-state index contributed by atoms with van der Waals surface area (Å²) in [6, 6.07) is 5.36. The highest BCUT2D eigenvalue weighted by molar-refractivity contribution is 6.31. The molecule has 1 aromatic carbocycles. The summed E-state index contributed by atoms with van der Waals surface area (Å²) >= 11 is 6.00. The molecule has 3 N–H and O–H groups in total. The number of nitrogens with two attached hydrogens (primary N) is 1. The summed E-state index contributed by atoms with van der Waals surface area (Å²) < 4.78 is 5.70. The van der Waals surface area contributed by atoms with Crippen LogP contribution in [0, 0.1) is 6.92 Å². The van der Waals surface area contributed by atoms with Crippen molar-refractivity contribution >= 4 is 40.9 Å². The van der Waals surface area contributed by atoms with Crippen LogP contribution in [0.4, 0.5) is 0 Å². The van der Waals surface area contributed by atoms with Crippen LogP contribution in [0.5, 0.6) is 0 Å². The number of hydrogen-bond acceptors (Lipinski definition) is 3. The number of halogens is 2. The molecule has 3 rings (SSSR count). The molecule has 1 saturated carbocycles. The number of amides is 1. The van der Waals surface area contributed by atoms with Crippen molar-refractivity contribution in [1.82, 2.24) is 5.32 Å². The van der Waals surface area contributed by atoms with Crippen LogP contribution in [-0.2, 0) is 0 Å². The minimum atomic E-state index is -0.278. The summed E-state index contributed by atoms with van der Waals surface area (Å²) in [6.07, 6.45) is 4.07. The Morgan fingerprint density at radius 1 is 1.41 bits per heavy atom. The van der Waals surface area contributed by atoms with Crippen molar-refractivity contribution in [2.45, 2.75) is 38.1 Å². The van der Waals surface area contributed by atoms with E-state index < -0.39 is 0 Å². The van der Waals surface area contributed by atoms with Gasteiger partial charge in [-0.2, -0.15) is 0 Å². The van der Waals surface area contributed by atoms with E-state index in [0.717, 1.165) is 36.6 Å². The molecule has 4 nitrogen and oxygen atoms in total. The van der Waals surface area contributed by atoms with E-state index in [1.165, 1.54) is 0 Å². The normalized spacial score (nSPS) is 16.5. The first kappa shape index (κ1) is 17.1. The number of aryl methyl sites for hydroxylation is 1. The highest BCUT2D eigenvalue weighted by atomic mass is 35.5. The molecule has 0 radical (unpaired) electrons. The molecule has 1 aromatic heterocycles. The zero-order chi connectivity index (χ0) is 15.0. The molecule has 1 aliphatic rings. The number of fused-ring (bicyclic) bond motifs is 1. The molecular weight excluding hydrogens is 323 g/mol.